The van der Waals surface area contributed by atoms with E-state index >= 15 is 0 Å². The molecule has 2 N–H and O–H groups in total. The first-order valence-corrected chi connectivity index (χ1v) is 8.66. The smallest absolute Gasteiger partial charge is 0.274 e. The lowest BCUT2D eigenvalue weighted by atomic mass is 10.1. The molecule has 3 rings (SSSR count). The summed E-state index contributed by atoms with van der Waals surface area (Å²) in [6.07, 6.45) is 1.65. The van der Waals surface area contributed by atoms with E-state index in [1.54, 1.807) is 44.5 Å². The molecule has 2 amide bonds. The van der Waals surface area contributed by atoms with E-state index in [1.165, 1.54) is 6.07 Å². The molecule has 3 aromatic rings. The van der Waals surface area contributed by atoms with E-state index in [9.17, 15) is 9.59 Å². The Hall–Kier alpha value is -3.68. The van der Waals surface area contributed by atoms with Gasteiger partial charge in [0.15, 0.2) is 11.5 Å². The Bertz CT molecular complexity index is 956. The van der Waals surface area contributed by atoms with Gasteiger partial charge in [0.25, 0.3) is 5.91 Å². The summed E-state index contributed by atoms with van der Waals surface area (Å²) in [5.74, 6) is 0.267. The number of aromatic nitrogens is 2. The van der Waals surface area contributed by atoms with Crippen LogP contribution in [0.15, 0.2) is 59.3 Å². The second-order valence-corrected chi connectivity index (χ2v) is 6.04. The molecule has 0 aliphatic rings. The monoisotopic (exact) mass is 380 g/mol. The van der Waals surface area contributed by atoms with Gasteiger partial charge in [0.2, 0.25) is 5.91 Å². The molecule has 0 spiro atoms. The van der Waals surface area contributed by atoms with Crippen LogP contribution in [-0.2, 0) is 11.3 Å². The van der Waals surface area contributed by atoms with Gasteiger partial charge in [-0.25, -0.2) is 0 Å². The zero-order valence-electron chi connectivity index (χ0n) is 15.5. The summed E-state index contributed by atoms with van der Waals surface area (Å²) in [5.41, 5.74) is 1.54. The first-order chi connectivity index (χ1) is 13.6. The van der Waals surface area contributed by atoms with Crippen LogP contribution in [0.3, 0.4) is 0 Å². The molecule has 1 unspecified atom stereocenters. The number of ether oxygens (including phenoxy) is 1. The van der Waals surface area contributed by atoms with Gasteiger partial charge in [0.05, 0.1) is 19.3 Å². The Labute approximate surface area is 161 Å². The van der Waals surface area contributed by atoms with Crippen LogP contribution in [0.2, 0.25) is 0 Å². The van der Waals surface area contributed by atoms with Crippen molar-refractivity contribution in [1.29, 1.82) is 0 Å². The van der Waals surface area contributed by atoms with E-state index in [0.717, 1.165) is 11.3 Å². The molecule has 0 saturated carbocycles. The number of pyridine rings is 1. The first kappa shape index (κ1) is 19.1. The quantitative estimate of drug-likeness (QED) is 0.651. The highest BCUT2D eigenvalue weighted by atomic mass is 16.5. The summed E-state index contributed by atoms with van der Waals surface area (Å²) in [6, 6.07) is 13.4. The number of hydrogen-bond acceptors (Lipinski definition) is 6. The van der Waals surface area contributed by atoms with Gasteiger partial charge in [-0.2, -0.15) is 0 Å². The van der Waals surface area contributed by atoms with Crippen LogP contribution in [0, 0.1) is 0 Å². The zero-order valence-corrected chi connectivity index (χ0v) is 15.5. The number of methoxy groups -OCH3 is 1. The molecule has 0 saturated heterocycles. The number of amides is 2. The average Bonchev–Trinajstić information content (AvgIpc) is 3.23. The molecule has 1 atom stereocenters. The van der Waals surface area contributed by atoms with Gasteiger partial charge in [-0.05, 0) is 31.2 Å². The number of rotatable bonds is 7. The topological polar surface area (TPSA) is 106 Å². The highest BCUT2D eigenvalue weighted by Gasteiger charge is 2.20. The van der Waals surface area contributed by atoms with E-state index < -0.39 is 11.9 Å². The molecule has 2 heterocycles. The van der Waals surface area contributed by atoms with Crippen molar-refractivity contribution < 1.29 is 18.8 Å². The van der Waals surface area contributed by atoms with Gasteiger partial charge < -0.3 is 19.9 Å². The molecule has 1 aromatic carbocycles. The standard InChI is InChI=1S/C20H20N4O4/c1-13(19(25)22-12-15-7-3-4-9-21-15)23-20(26)17-11-18(28-24-17)14-6-5-8-16(10-14)27-2/h3-11,13H,12H2,1-2H3,(H,22,25)(H,23,26). The number of carbonyl (C=O) groups excluding carboxylic acids is 2. The predicted molar refractivity (Wildman–Crippen MR) is 102 cm³/mol. The maximum Gasteiger partial charge on any atom is 0.274 e. The van der Waals surface area contributed by atoms with Gasteiger partial charge in [-0.15, -0.1) is 0 Å². The first-order valence-electron chi connectivity index (χ1n) is 8.66. The minimum Gasteiger partial charge on any atom is -0.497 e. The van der Waals surface area contributed by atoms with Gasteiger partial charge >= 0.3 is 0 Å². The molecular formula is C20H20N4O4. The second kappa shape index (κ2) is 8.81. The number of carbonyl (C=O) groups is 2. The molecule has 144 valence electrons. The lowest BCUT2D eigenvalue weighted by Gasteiger charge is -2.12. The highest BCUT2D eigenvalue weighted by molar-refractivity contribution is 5.96. The molecule has 0 bridgehead atoms. The van der Waals surface area contributed by atoms with E-state index in [1.807, 2.05) is 18.2 Å². The Morgan fingerprint density at radius 2 is 2.04 bits per heavy atom. The predicted octanol–water partition coefficient (Wildman–Crippen LogP) is 2.18. The van der Waals surface area contributed by atoms with Crippen molar-refractivity contribution in [2.75, 3.05) is 7.11 Å². The summed E-state index contributed by atoms with van der Waals surface area (Å²) in [4.78, 5) is 28.6. The van der Waals surface area contributed by atoms with Gasteiger partial charge in [0.1, 0.15) is 11.8 Å². The molecule has 0 aliphatic heterocycles. The number of benzene rings is 1. The van der Waals surface area contributed by atoms with E-state index in [4.69, 9.17) is 9.26 Å². The Balaban J connectivity index is 1.58. The van der Waals surface area contributed by atoms with Gasteiger partial charge in [0, 0.05) is 17.8 Å². The molecule has 0 fully saturated rings. The average molecular weight is 380 g/mol. The maximum atomic E-state index is 12.4. The van der Waals surface area contributed by atoms with Crippen LogP contribution in [0.4, 0.5) is 0 Å². The molecule has 0 radical (unpaired) electrons. The van der Waals surface area contributed by atoms with Crippen molar-refractivity contribution in [3.8, 4) is 17.1 Å². The summed E-state index contributed by atoms with van der Waals surface area (Å²) < 4.78 is 10.4. The number of nitrogens with one attached hydrogen (secondary N) is 2. The molecule has 2 aromatic heterocycles. The van der Waals surface area contributed by atoms with Crippen LogP contribution >= 0.6 is 0 Å². The van der Waals surface area contributed by atoms with Crippen molar-refractivity contribution in [3.63, 3.8) is 0 Å². The molecular weight excluding hydrogens is 360 g/mol. The molecule has 8 nitrogen and oxygen atoms in total. The van der Waals surface area contributed by atoms with Crippen molar-refractivity contribution in [1.82, 2.24) is 20.8 Å². The SMILES string of the molecule is COc1cccc(-c2cc(C(=O)NC(C)C(=O)NCc3ccccn3)no2)c1. The Morgan fingerprint density at radius 1 is 1.18 bits per heavy atom. The third-order valence-electron chi connectivity index (χ3n) is 4.01. The maximum absolute atomic E-state index is 12.4. The van der Waals surface area contributed by atoms with Crippen molar-refractivity contribution in [2.45, 2.75) is 19.5 Å². The summed E-state index contributed by atoms with van der Waals surface area (Å²) in [7, 11) is 1.57. The lowest BCUT2D eigenvalue weighted by molar-refractivity contribution is -0.122. The van der Waals surface area contributed by atoms with Crippen molar-refractivity contribution in [2.24, 2.45) is 0 Å². The van der Waals surface area contributed by atoms with E-state index in [0.29, 0.717) is 11.5 Å². The van der Waals surface area contributed by atoms with Gasteiger partial charge in [-0.3, -0.25) is 14.6 Å². The third-order valence-corrected chi connectivity index (χ3v) is 4.01. The molecule has 28 heavy (non-hydrogen) atoms. The van der Waals surface area contributed by atoms with Crippen LogP contribution in [-0.4, -0.2) is 35.1 Å². The highest BCUT2D eigenvalue weighted by Crippen LogP contribution is 2.24. The third kappa shape index (κ3) is 4.73. The fraction of sp³-hybridized carbons (Fsp3) is 0.200. The van der Waals surface area contributed by atoms with Crippen LogP contribution in [0.5, 0.6) is 5.75 Å². The molecule has 8 heteroatoms. The Kier molecular flexibility index (Phi) is 6.01. The van der Waals surface area contributed by atoms with E-state index in [-0.39, 0.29) is 18.1 Å². The van der Waals surface area contributed by atoms with Gasteiger partial charge in [-0.1, -0.05) is 23.4 Å². The summed E-state index contributed by atoms with van der Waals surface area (Å²) in [6.45, 7) is 1.87. The van der Waals surface area contributed by atoms with Crippen LogP contribution in [0.1, 0.15) is 23.1 Å². The normalized spacial score (nSPS) is 11.5. The lowest BCUT2D eigenvalue weighted by Crippen LogP contribution is -2.44. The van der Waals surface area contributed by atoms with Crippen molar-refractivity contribution in [3.05, 3.63) is 66.1 Å². The minimum absolute atomic E-state index is 0.0854. The second-order valence-electron chi connectivity index (χ2n) is 6.04. The van der Waals surface area contributed by atoms with Crippen molar-refractivity contribution >= 4 is 11.8 Å². The fourth-order valence-corrected chi connectivity index (χ4v) is 2.46. The summed E-state index contributed by atoms with van der Waals surface area (Å²) in [5, 5.41) is 9.11. The number of hydrogen-bond donors (Lipinski definition) is 2. The van der Waals surface area contributed by atoms with Crippen LogP contribution in [0.25, 0.3) is 11.3 Å². The van der Waals surface area contributed by atoms with E-state index in [2.05, 4.69) is 20.8 Å². The molecule has 0 aliphatic carbocycles. The Morgan fingerprint density at radius 3 is 2.79 bits per heavy atom. The number of nitrogens with zero attached hydrogens (tertiary/aromatic N) is 2. The zero-order chi connectivity index (χ0) is 19.9. The summed E-state index contributed by atoms with van der Waals surface area (Å²) >= 11 is 0. The largest absolute Gasteiger partial charge is 0.497 e. The van der Waals surface area contributed by atoms with Crippen LogP contribution < -0.4 is 15.4 Å². The fourth-order valence-electron chi connectivity index (χ4n) is 2.46. The minimum atomic E-state index is -0.742.